The summed E-state index contributed by atoms with van der Waals surface area (Å²) in [5.41, 5.74) is 0. The lowest BCUT2D eigenvalue weighted by molar-refractivity contribution is -0.870. The van der Waals surface area contributed by atoms with Gasteiger partial charge in [-0.1, -0.05) is 166 Å². The standard InChI is InChI=1S/C49H95N2O7P/c1-6-8-10-12-14-16-18-20-21-22-23-24-25-26-27-28-29-30-32-34-36-38-40-42-48(53)50-46(45-58-59(55,56)57-44-43-51(3,4)5)49(54)47(52)41-39-37-35-33-31-19-17-15-13-11-9-7-2/h15,17,22-23,33,35,46-47,49,52,54H,6-14,16,18-21,24-32,34,36-45H2,1-5H3,(H-,50,53,55,56)/p+1/b17-15+,23-22-,35-33+. The van der Waals surface area contributed by atoms with Crippen molar-refractivity contribution < 1.29 is 38.0 Å². The zero-order chi connectivity index (χ0) is 43.7. The molecule has 0 saturated carbocycles. The summed E-state index contributed by atoms with van der Waals surface area (Å²) in [6, 6.07) is -1.05. The predicted molar refractivity (Wildman–Crippen MR) is 250 cm³/mol. The van der Waals surface area contributed by atoms with Crippen molar-refractivity contribution in [1.29, 1.82) is 0 Å². The molecule has 348 valence electrons. The Morgan fingerprint density at radius 2 is 0.966 bits per heavy atom. The van der Waals surface area contributed by atoms with Crippen LogP contribution in [0.4, 0.5) is 0 Å². The van der Waals surface area contributed by atoms with Gasteiger partial charge in [-0.25, -0.2) is 4.57 Å². The Kier molecular flexibility index (Phi) is 39.8. The van der Waals surface area contributed by atoms with E-state index < -0.39 is 32.7 Å². The highest BCUT2D eigenvalue weighted by Gasteiger charge is 2.31. The first-order chi connectivity index (χ1) is 28.4. The maximum atomic E-state index is 12.9. The maximum absolute atomic E-state index is 12.9. The van der Waals surface area contributed by atoms with Gasteiger partial charge in [-0.15, -0.1) is 0 Å². The Bertz CT molecular complexity index is 1080. The summed E-state index contributed by atoms with van der Waals surface area (Å²) in [6.07, 6.45) is 46.5. The topological polar surface area (TPSA) is 125 Å². The summed E-state index contributed by atoms with van der Waals surface area (Å²) < 4.78 is 23.5. The molecule has 0 saturated heterocycles. The lowest BCUT2D eigenvalue weighted by Crippen LogP contribution is -2.51. The van der Waals surface area contributed by atoms with Gasteiger partial charge in [0.1, 0.15) is 19.3 Å². The second kappa shape index (κ2) is 40.7. The molecule has 0 bridgehead atoms. The van der Waals surface area contributed by atoms with E-state index in [-0.39, 0.29) is 18.9 Å². The molecule has 0 aromatic rings. The Hall–Kier alpha value is -1.32. The molecule has 0 aromatic heterocycles. The smallest absolute Gasteiger partial charge is 0.390 e. The van der Waals surface area contributed by atoms with Crippen LogP contribution in [0.25, 0.3) is 0 Å². The van der Waals surface area contributed by atoms with Gasteiger partial charge in [0, 0.05) is 6.42 Å². The number of quaternary nitrogens is 1. The summed E-state index contributed by atoms with van der Waals surface area (Å²) in [5, 5.41) is 24.7. The third kappa shape index (κ3) is 41.8. The number of hydrogen-bond acceptors (Lipinski definition) is 6. The van der Waals surface area contributed by atoms with Gasteiger partial charge in [0.05, 0.1) is 39.9 Å². The molecular formula is C49H96N2O7P+. The van der Waals surface area contributed by atoms with E-state index in [1.807, 2.05) is 21.1 Å². The summed E-state index contributed by atoms with van der Waals surface area (Å²) in [5.74, 6) is -0.273. The van der Waals surface area contributed by atoms with Crippen LogP contribution in [-0.2, 0) is 18.4 Å². The lowest BCUT2D eigenvalue weighted by Gasteiger charge is -2.28. The first kappa shape index (κ1) is 57.7. The normalized spacial score (nSPS) is 15.1. The molecule has 0 spiro atoms. The number of phosphoric ester groups is 1. The molecule has 0 aromatic carbocycles. The fraction of sp³-hybridized carbons (Fsp3) is 0.857. The quantitative estimate of drug-likeness (QED) is 0.0208. The van der Waals surface area contributed by atoms with Crippen molar-refractivity contribution in [2.45, 2.75) is 231 Å². The van der Waals surface area contributed by atoms with Crippen molar-refractivity contribution in [3.63, 3.8) is 0 Å². The van der Waals surface area contributed by atoms with Gasteiger partial charge in [0.15, 0.2) is 0 Å². The second-order valence-corrected chi connectivity index (χ2v) is 19.4. The van der Waals surface area contributed by atoms with Crippen molar-refractivity contribution in [2.75, 3.05) is 40.9 Å². The van der Waals surface area contributed by atoms with Crippen molar-refractivity contribution in [1.82, 2.24) is 5.32 Å². The van der Waals surface area contributed by atoms with Crippen LogP contribution in [0.5, 0.6) is 0 Å². The number of aliphatic hydroxyl groups is 2. The van der Waals surface area contributed by atoms with Crippen LogP contribution in [0, 0.1) is 0 Å². The molecule has 0 fully saturated rings. The van der Waals surface area contributed by atoms with E-state index in [2.05, 4.69) is 55.6 Å². The number of carbonyl (C=O) groups is 1. The Labute approximate surface area is 364 Å². The molecule has 0 aliphatic heterocycles. The van der Waals surface area contributed by atoms with E-state index in [4.69, 9.17) is 9.05 Å². The van der Waals surface area contributed by atoms with E-state index >= 15 is 0 Å². The van der Waals surface area contributed by atoms with E-state index in [0.29, 0.717) is 23.9 Å². The van der Waals surface area contributed by atoms with Gasteiger partial charge in [-0.3, -0.25) is 13.8 Å². The van der Waals surface area contributed by atoms with E-state index in [1.54, 1.807) is 0 Å². The molecule has 0 radical (unpaired) electrons. The molecule has 1 amide bonds. The fourth-order valence-electron chi connectivity index (χ4n) is 6.98. The average molecular weight is 856 g/mol. The van der Waals surface area contributed by atoms with Gasteiger partial charge < -0.3 is 24.9 Å². The summed E-state index contributed by atoms with van der Waals surface area (Å²) in [4.78, 5) is 23.2. The number of aliphatic hydroxyl groups excluding tert-OH is 2. The molecule has 0 aliphatic carbocycles. The number of rotatable bonds is 44. The molecule has 9 nitrogen and oxygen atoms in total. The fourth-order valence-corrected chi connectivity index (χ4v) is 7.71. The highest BCUT2D eigenvalue weighted by Crippen LogP contribution is 2.43. The number of phosphoric acid groups is 1. The minimum Gasteiger partial charge on any atom is -0.390 e. The van der Waals surface area contributed by atoms with Gasteiger partial charge in [0.2, 0.25) is 5.91 Å². The number of allylic oxidation sites excluding steroid dienone is 6. The molecule has 0 heterocycles. The highest BCUT2D eigenvalue weighted by molar-refractivity contribution is 7.47. The van der Waals surface area contributed by atoms with E-state index in [1.165, 1.54) is 128 Å². The Balaban J connectivity index is 4.36. The zero-order valence-corrected chi connectivity index (χ0v) is 40.0. The number of nitrogens with zero attached hydrogens (tertiary/aromatic N) is 1. The predicted octanol–water partition coefficient (Wildman–Crippen LogP) is 12.8. The van der Waals surface area contributed by atoms with Crippen LogP contribution in [-0.4, -0.2) is 84.6 Å². The van der Waals surface area contributed by atoms with E-state index in [9.17, 15) is 24.5 Å². The number of nitrogens with one attached hydrogen (secondary N) is 1. The second-order valence-electron chi connectivity index (χ2n) is 18.0. The lowest BCUT2D eigenvalue weighted by atomic mass is 10.0. The minimum absolute atomic E-state index is 0.0137. The van der Waals surface area contributed by atoms with Gasteiger partial charge in [-0.05, 0) is 77.0 Å². The third-order valence-electron chi connectivity index (χ3n) is 10.9. The van der Waals surface area contributed by atoms with Gasteiger partial charge in [-0.2, -0.15) is 0 Å². The number of carbonyl (C=O) groups excluding carboxylic acids is 1. The van der Waals surface area contributed by atoms with Crippen LogP contribution in [0.1, 0.15) is 213 Å². The molecule has 0 aliphatic rings. The first-order valence-electron chi connectivity index (χ1n) is 24.4. The van der Waals surface area contributed by atoms with Crippen molar-refractivity contribution in [2.24, 2.45) is 0 Å². The number of unbranched alkanes of at least 4 members (excludes halogenated alkanes) is 24. The largest absolute Gasteiger partial charge is 0.472 e. The van der Waals surface area contributed by atoms with Crippen LogP contribution in [0.15, 0.2) is 36.5 Å². The Morgan fingerprint density at radius 1 is 0.576 bits per heavy atom. The number of amides is 1. The van der Waals surface area contributed by atoms with Crippen molar-refractivity contribution in [3.05, 3.63) is 36.5 Å². The van der Waals surface area contributed by atoms with Gasteiger partial charge in [0.25, 0.3) is 0 Å². The summed E-state index contributed by atoms with van der Waals surface area (Å²) in [7, 11) is 1.41. The van der Waals surface area contributed by atoms with Crippen LogP contribution < -0.4 is 5.32 Å². The first-order valence-corrected chi connectivity index (χ1v) is 25.9. The summed E-state index contributed by atoms with van der Waals surface area (Å²) in [6.45, 7) is 4.55. The van der Waals surface area contributed by atoms with Crippen LogP contribution in [0.3, 0.4) is 0 Å². The molecule has 4 unspecified atom stereocenters. The highest BCUT2D eigenvalue weighted by atomic mass is 31.2. The summed E-state index contributed by atoms with van der Waals surface area (Å²) >= 11 is 0. The van der Waals surface area contributed by atoms with Gasteiger partial charge >= 0.3 is 7.82 Å². The molecule has 59 heavy (non-hydrogen) atoms. The molecule has 4 atom stereocenters. The molecular weight excluding hydrogens is 760 g/mol. The van der Waals surface area contributed by atoms with Crippen LogP contribution in [0.2, 0.25) is 0 Å². The Morgan fingerprint density at radius 3 is 1.44 bits per heavy atom. The number of hydrogen-bond donors (Lipinski definition) is 4. The van der Waals surface area contributed by atoms with Crippen molar-refractivity contribution >= 4 is 13.7 Å². The molecule has 10 heteroatoms. The molecule has 4 N–H and O–H groups in total. The zero-order valence-electron chi connectivity index (χ0n) is 39.1. The average Bonchev–Trinajstić information content (AvgIpc) is 3.19. The minimum atomic E-state index is -4.43. The monoisotopic (exact) mass is 856 g/mol. The SMILES string of the molecule is CCCCC/C=C/CC/C=C/CCCC(O)C(O)C(COP(=O)(O)OCC[N+](C)(C)C)NC(=O)CCCCCCCCCCCCC/C=C\CCCCCCCCCC. The molecule has 0 rings (SSSR count). The van der Waals surface area contributed by atoms with E-state index in [0.717, 1.165) is 51.4 Å². The number of likely N-dealkylation sites (N-methyl/N-ethyl adjacent to an activating group) is 1. The van der Waals surface area contributed by atoms with Crippen molar-refractivity contribution in [3.8, 4) is 0 Å². The van der Waals surface area contributed by atoms with Crippen LogP contribution >= 0.6 is 7.82 Å². The maximum Gasteiger partial charge on any atom is 0.472 e. The third-order valence-corrected chi connectivity index (χ3v) is 11.9.